The predicted molar refractivity (Wildman–Crippen MR) is 107 cm³/mol. The number of fused-ring (bicyclic) bond motifs is 1. The first kappa shape index (κ1) is 17.9. The SMILES string of the molecule is CC.Cc1cn(Cc2ccc(-c3ccc(F)cc3)cc2)c2cccnc12. The number of halogens is 1. The maximum absolute atomic E-state index is 13.0. The number of hydrogen-bond donors (Lipinski definition) is 0. The molecule has 0 aliphatic rings. The third kappa shape index (κ3) is 3.67. The van der Waals surface area contributed by atoms with Crippen LogP contribution in [0.4, 0.5) is 4.39 Å². The Morgan fingerprint density at radius 1 is 0.885 bits per heavy atom. The average molecular weight is 346 g/mol. The summed E-state index contributed by atoms with van der Waals surface area (Å²) in [5.74, 6) is -0.209. The number of aryl methyl sites for hydroxylation is 1. The van der Waals surface area contributed by atoms with E-state index < -0.39 is 0 Å². The molecule has 4 rings (SSSR count). The highest BCUT2D eigenvalue weighted by Gasteiger charge is 2.06. The molecule has 0 radical (unpaired) electrons. The Bertz CT molecular complexity index is 983. The second kappa shape index (κ2) is 7.96. The van der Waals surface area contributed by atoms with E-state index in [-0.39, 0.29) is 5.82 Å². The van der Waals surface area contributed by atoms with Crippen LogP contribution in [0.5, 0.6) is 0 Å². The summed E-state index contributed by atoms with van der Waals surface area (Å²) in [5, 5.41) is 0. The molecule has 0 unspecified atom stereocenters. The zero-order chi connectivity index (χ0) is 18.5. The Hall–Kier alpha value is -2.94. The van der Waals surface area contributed by atoms with Crippen LogP contribution in [0.3, 0.4) is 0 Å². The quantitative estimate of drug-likeness (QED) is 0.430. The maximum atomic E-state index is 13.0. The van der Waals surface area contributed by atoms with E-state index in [1.165, 1.54) is 23.3 Å². The van der Waals surface area contributed by atoms with E-state index in [1.54, 1.807) is 12.1 Å². The average Bonchev–Trinajstić information content (AvgIpc) is 3.01. The van der Waals surface area contributed by atoms with Crippen LogP contribution in [0, 0.1) is 12.7 Å². The van der Waals surface area contributed by atoms with Gasteiger partial charge >= 0.3 is 0 Å². The van der Waals surface area contributed by atoms with Gasteiger partial charge in [0.1, 0.15) is 5.82 Å². The number of nitrogens with zero attached hydrogens (tertiary/aromatic N) is 2. The number of pyridine rings is 1. The van der Waals surface area contributed by atoms with Crippen molar-refractivity contribution in [1.29, 1.82) is 0 Å². The molecule has 0 saturated carbocycles. The standard InChI is InChI=1S/C21H17FN2.C2H6/c1-15-13-24(20-3-2-12-23-21(15)20)14-16-4-6-17(7-5-16)18-8-10-19(22)11-9-18;1-2/h2-13H,14H2,1H3;1-2H3. The monoisotopic (exact) mass is 346 g/mol. The van der Waals surface area contributed by atoms with Gasteiger partial charge in [0, 0.05) is 18.9 Å². The van der Waals surface area contributed by atoms with E-state index in [0.717, 1.165) is 28.7 Å². The summed E-state index contributed by atoms with van der Waals surface area (Å²) in [4.78, 5) is 4.45. The summed E-state index contributed by atoms with van der Waals surface area (Å²) in [6.07, 6.45) is 3.97. The van der Waals surface area contributed by atoms with Gasteiger partial charge in [0.2, 0.25) is 0 Å². The Morgan fingerprint density at radius 2 is 1.50 bits per heavy atom. The lowest BCUT2D eigenvalue weighted by Gasteiger charge is -2.07. The summed E-state index contributed by atoms with van der Waals surface area (Å²) in [5.41, 5.74) is 6.73. The Labute approximate surface area is 153 Å². The van der Waals surface area contributed by atoms with Crippen molar-refractivity contribution in [2.75, 3.05) is 0 Å². The van der Waals surface area contributed by atoms with Gasteiger partial charge < -0.3 is 4.57 Å². The minimum absolute atomic E-state index is 0.209. The first-order valence-electron chi connectivity index (χ1n) is 8.96. The lowest BCUT2D eigenvalue weighted by molar-refractivity contribution is 0.628. The van der Waals surface area contributed by atoms with Gasteiger partial charge in [-0.05, 0) is 53.4 Å². The van der Waals surface area contributed by atoms with Crippen molar-refractivity contribution in [3.63, 3.8) is 0 Å². The van der Waals surface area contributed by atoms with Crippen molar-refractivity contribution in [2.45, 2.75) is 27.3 Å². The first-order chi connectivity index (χ1) is 12.7. The highest BCUT2D eigenvalue weighted by atomic mass is 19.1. The summed E-state index contributed by atoms with van der Waals surface area (Å²) in [7, 11) is 0. The zero-order valence-corrected chi connectivity index (χ0v) is 15.4. The molecular weight excluding hydrogens is 323 g/mol. The van der Waals surface area contributed by atoms with Crippen LogP contribution in [0.25, 0.3) is 22.2 Å². The van der Waals surface area contributed by atoms with Crippen LogP contribution < -0.4 is 0 Å². The molecule has 0 amide bonds. The van der Waals surface area contributed by atoms with E-state index in [1.807, 2.05) is 26.1 Å². The van der Waals surface area contributed by atoms with Crippen molar-refractivity contribution in [3.05, 3.63) is 90.0 Å². The fourth-order valence-corrected chi connectivity index (χ4v) is 3.07. The molecule has 0 saturated heterocycles. The van der Waals surface area contributed by atoms with Crippen molar-refractivity contribution < 1.29 is 4.39 Å². The molecule has 0 fully saturated rings. The zero-order valence-electron chi connectivity index (χ0n) is 15.4. The molecule has 132 valence electrons. The van der Waals surface area contributed by atoms with E-state index >= 15 is 0 Å². The van der Waals surface area contributed by atoms with Gasteiger partial charge in [0.15, 0.2) is 0 Å². The fourth-order valence-electron chi connectivity index (χ4n) is 3.07. The first-order valence-corrected chi connectivity index (χ1v) is 8.96. The van der Waals surface area contributed by atoms with Gasteiger partial charge in [-0.1, -0.05) is 50.2 Å². The molecule has 2 heterocycles. The molecule has 2 aromatic heterocycles. The molecule has 0 aliphatic heterocycles. The van der Waals surface area contributed by atoms with Crippen molar-refractivity contribution in [2.24, 2.45) is 0 Å². The van der Waals surface area contributed by atoms with E-state index in [2.05, 4.69) is 53.0 Å². The number of hydrogen-bond acceptors (Lipinski definition) is 1. The molecule has 0 spiro atoms. The van der Waals surface area contributed by atoms with Gasteiger partial charge in [-0.25, -0.2) is 4.39 Å². The van der Waals surface area contributed by atoms with Gasteiger partial charge in [-0.15, -0.1) is 0 Å². The van der Waals surface area contributed by atoms with E-state index in [0.29, 0.717) is 0 Å². The van der Waals surface area contributed by atoms with Crippen molar-refractivity contribution in [1.82, 2.24) is 9.55 Å². The van der Waals surface area contributed by atoms with Gasteiger partial charge in [-0.3, -0.25) is 4.98 Å². The second-order valence-electron chi connectivity index (χ2n) is 6.01. The molecular formula is C23H23FN2. The van der Waals surface area contributed by atoms with Crippen LogP contribution in [0.2, 0.25) is 0 Å². The van der Waals surface area contributed by atoms with Crippen LogP contribution in [-0.2, 0) is 6.54 Å². The molecule has 2 nitrogen and oxygen atoms in total. The Morgan fingerprint density at radius 3 is 2.15 bits per heavy atom. The molecule has 3 heteroatoms. The van der Waals surface area contributed by atoms with Crippen LogP contribution in [-0.4, -0.2) is 9.55 Å². The van der Waals surface area contributed by atoms with Crippen molar-refractivity contribution in [3.8, 4) is 11.1 Å². The third-order valence-corrected chi connectivity index (χ3v) is 4.30. The van der Waals surface area contributed by atoms with Crippen LogP contribution in [0.15, 0.2) is 73.1 Å². The van der Waals surface area contributed by atoms with Gasteiger partial charge in [0.25, 0.3) is 0 Å². The summed E-state index contributed by atoms with van der Waals surface area (Å²) in [6.45, 7) is 6.89. The minimum atomic E-state index is -0.209. The predicted octanol–water partition coefficient (Wildman–Crippen LogP) is 6.23. The number of benzene rings is 2. The smallest absolute Gasteiger partial charge is 0.123 e. The summed E-state index contributed by atoms with van der Waals surface area (Å²) < 4.78 is 15.3. The van der Waals surface area contributed by atoms with Crippen LogP contribution >= 0.6 is 0 Å². The third-order valence-electron chi connectivity index (χ3n) is 4.30. The van der Waals surface area contributed by atoms with Crippen LogP contribution in [0.1, 0.15) is 25.0 Å². The number of aromatic nitrogens is 2. The molecule has 2 aromatic carbocycles. The molecule has 0 atom stereocenters. The van der Waals surface area contributed by atoms with Gasteiger partial charge in [-0.2, -0.15) is 0 Å². The lowest BCUT2D eigenvalue weighted by Crippen LogP contribution is -1.97. The highest BCUT2D eigenvalue weighted by Crippen LogP contribution is 2.22. The second-order valence-corrected chi connectivity index (χ2v) is 6.01. The van der Waals surface area contributed by atoms with E-state index in [4.69, 9.17) is 0 Å². The van der Waals surface area contributed by atoms with E-state index in [9.17, 15) is 4.39 Å². The fraction of sp³-hybridized carbons (Fsp3) is 0.174. The molecule has 0 aliphatic carbocycles. The highest BCUT2D eigenvalue weighted by molar-refractivity contribution is 5.79. The normalized spacial score (nSPS) is 10.5. The lowest BCUT2D eigenvalue weighted by atomic mass is 10.0. The largest absolute Gasteiger partial charge is 0.341 e. The molecule has 0 N–H and O–H groups in total. The molecule has 4 aromatic rings. The maximum Gasteiger partial charge on any atom is 0.123 e. The molecule has 26 heavy (non-hydrogen) atoms. The topological polar surface area (TPSA) is 17.8 Å². The minimum Gasteiger partial charge on any atom is -0.341 e. The molecule has 0 bridgehead atoms. The van der Waals surface area contributed by atoms with Gasteiger partial charge in [0.05, 0.1) is 11.0 Å². The summed E-state index contributed by atoms with van der Waals surface area (Å²) in [6, 6.07) is 19.1. The number of rotatable bonds is 3. The Balaban J connectivity index is 0.000000948. The summed E-state index contributed by atoms with van der Waals surface area (Å²) >= 11 is 0. The van der Waals surface area contributed by atoms with Crippen molar-refractivity contribution >= 4 is 11.0 Å². The Kier molecular flexibility index (Phi) is 5.47.